The first-order chi connectivity index (χ1) is 13.2. The van der Waals surface area contributed by atoms with Gasteiger partial charge in [0, 0.05) is 59.3 Å². The monoisotopic (exact) mass is 373 g/mol. The van der Waals surface area contributed by atoms with Crippen LogP contribution in [-0.4, -0.2) is 74.7 Å². The topological polar surface area (TPSA) is 69.2 Å². The third-order valence-electron chi connectivity index (χ3n) is 5.04. The first kappa shape index (κ1) is 19.6. The molecule has 7 heteroatoms. The van der Waals surface area contributed by atoms with Gasteiger partial charge < -0.3 is 20.3 Å². The van der Waals surface area contributed by atoms with Crippen molar-refractivity contribution in [3.8, 4) is 0 Å². The zero-order chi connectivity index (χ0) is 18.9. The zero-order valence-corrected chi connectivity index (χ0v) is 16.2. The van der Waals surface area contributed by atoms with E-state index in [9.17, 15) is 4.79 Å². The van der Waals surface area contributed by atoms with Gasteiger partial charge in [-0.25, -0.2) is 0 Å². The Morgan fingerprint density at radius 2 is 2.00 bits per heavy atom. The molecule has 0 aromatic heterocycles. The number of carbonyl (C=O) groups is 1. The Morgan fingerprint density at radius 1 is 1.19 bits per heavy atom. The predicted octanol–water partition coefficient (Wildman–Crippen LogP) is 0.806. The number of nitrogens with zero attached hydrogens (tertiary/aromatic N) is 3. The summed E-state index contributed by atoms with van der Waals surface area (Å²) in [7, 11) is 1.79. The van der Waals surface area contributed by atoms with Crippen LogP contribution < -0.4 is 10.6 Å². The van der Waals surface area contributed by atoms with Gasteiger partial charge in [0.1, 0.15) is 0 Å². The van der Waals surface area contributed by atoms with E-state index in [1.807, 2.05) is 4.90 Å². The van der Waals surface area contributed by atoms with Crippen molar-refractivity contribution in [2.75, 3.05) is 53.0 Å². The van der Waals surface area contributed by atoms with E-state index in [2.05, 4.69) is 44.8 Å². The Morgan fingerprint density at radius 3 is 2.74 bits per heavy atom. The third-order valence-corrected chi connectivity index (χ3v) is 5.04. The minimum atomic E-state index is 0.267. The van der Waals surface area contributed by atoms with Gasteiger partial charge in [-0.2, -0.15) is 0 Å². The van der Waals surface area contributed by atoms with Crippen molar-refractivity contribution in [1.29, 1.82) is 0 Å². The highest BCUT2D eigenvalue weighted by Gasteiger charge is 2.19. The summed E-state index contributed by atoms with van der Waals surface area (Å²) < 4.78 is 5.37. The van der Waals surface area contributed by atoms with Gasteiger partial charge in [0.25, 0.3) is 0 Å². The van der Waals surface area contributed by atoms with E-state index in [1.165, 1.54) is 11.1 Å². The average Bonchev–Trinajstić information content (AvgIpc) is 3.10. The minimum absolute atomic E-state index is 0.267. The molecule has 2 saturated heterocycles. The number of hydrogen-bond donors (Lipinski definition) is 2. The Kier molecular flexibility index (Phi) is 7.47. The molecule has 0 bridgehead atoms. The summed E-state index contributed by atoms with van der Waals surface area (Å²) in [4.78, 5) is 20.4. The van der Waals surface area contributed by atoms with Crippen LogP contribution in [0.1, 0.15) is 24.0 Å². The normalized spacial score (nSPS) is 18.8. The lowest BCUT2D eigenvalue weighted by molar-refractivity contribution is -0.128. The maximum atomic E-state index is 11.8. The maximum absolute atomic E-state index is 11.8. The number of aliphatic imine (C=N–C) groups is 1. The molecule has 2 N–H and O–H groups in total. The molecule has 0 unspecified atom stereocenters. The fraction of sp³-hybridized carbons (Fsp3) is 0.600. The second-order valence-electron chi connectivity index (χ2n) is 7.05. The van der Waals surface area contributed by atoms with Gasteiger partial charge in [0.2, 0.25) is 5.91 Å². The number of ether oxygens (including phenoxy) is 1. The summed E-state index contributed by atoms with van der Waals surface area (Å²) in [5.74, 6) is 1.08. The van der Waals surface area contributed by atoms with Crippen LogP contribution >= 0.6 is 0 Å². The molecule has 0 atom stereocenters. The van der Waals surface area contributed by atoms with E-state index in [1.54, 1.807) is 7.05 Å². The molecular weight excluding hydrogens is 342 g/mol. The molecule has 1 aromatic rings. The smallest absolute Gasteiger partial charge is 0.222 e. The van der Waals surface area contributed by atoms with Crippen LogP contribution in [0, 0.1) is 0 Å². The molecule has 0 spiro atoms. The van der Waals surface area contributed by atoms with Crippen LogP contribution in [0.5, 0.6) is 0 Å². The van der Waals surface area contributed by atoms with Crippen molar-refractivity contribution in [3.63, 3.8) is 0 Å². The molecule has 2 aliphatic heterocycles. The fourth-order valence-corrected chi connectivity index (χ4v) is 3.49. The summed E-state index contributed by atoms with van der Waals surface area (Å²) in [6, 6.07) is 8.41. The van der Waals surface area contributed by atoms with Gasteiger partial charge in [0.15, 0.2) is 5.96 Å². The molecule has 1 aromatic carbocycles. The van der Waals surface area contributed by atoms with Crippen LogP contribution in [0.4, 0.5) is 0 Å². The van der Waals surface area contributed by atoms with Crippen molar-refractivity contribution in [1.82, 2.24) is 20.4 Å². The standard InChI is InChI=1S/C20H31N5O2/c1-21-20(22-7-9-24-10-12-27-13-11-24)23-15-17-4-2-5-18(14-17)16-25-8-3-6-19(25)26/h2,4-5,14H,3,6-13,15-16H2,1H3,(H2,21,22,23). The number of morpholine rings is 1. The van der Waals surface area contributed by atoms with E-state index in [0.29, 0.717) is 19.5 Å². The molecule has 2 aliphatic rings. The lowest BCUT2D eigenvalue weighted by Crippen LogP contribution is -2.44. The Bertz CT molecular complexity index is 643. The van der Waals surface area contributed by atoms with Gasteiger partial charge in [-0.05, 0) is 17.5 Å². The molecule has 27 heavy (non-hydrogen) atoms. The molecule has 3 rings (SSSR count). The highest BCUT2D eigenvalue weighted by atomic mass is 16.5. The quantitative estimate of drug-likeness (QED) is 0.547. The minimum Gasteiger partial charge on any atom is -0.379 e. The van der Waals surface area contributed by atoms with Crippen molar-refractivity contribution in [2.45, 2.75) is 25.9 Å². The number of guanidine groups is 1. The van der Waals surface area contributed by atoms with Crippen LogP contribution in [0.25, 0.3) is 0 Å². The molecule has 2 fully saturated rings. The maximum Gasteiger partial charge on any atom is 0.222 e. The predicted molar refractivity (Wildman–Crippen MR) is 107 cm³/mol. The zero-order valence-electron chi connectivity index (χ0n) is 16.2. The Hall–Kier alpha value is -2.12. The summed E-state index contributed by atoms with van der Waals surface area (Å²) in [6.45, 7) is 7.79. The van der Waals surface area contributed by atoms with Crippen LogP contribution in [0.15, 0.2) is 29.3 Å². The number of hydrogen-bond acceptors (Lipinski definition) is 4. The first-order valence-corrected chi connectivity index (χ1v) is 9.85. The molecule has 7 nitrogen and oxygen atoms in total. The molecule has 0 aliphatic carbocycles. The van der Waals surface area contributed by atoms with E-state index in [-0.39, 0.29) is 5.91 Å². The highest BCUT2D eigenvalue weighted by Crippen LogP contribution is 2.15. The van der Waals surface area contributed by atoms with Gasteiger partial charge in [0.05, 0.1) is 13.2 Å². The van der Waals surface area contributed by atoms with Crippen LogP contribution in [-0.2, 0) is 22.6 Å². The lowest BCUT2D eigenvalue weighted by Gasteiger charge is -2.26. The average molecular weight is 374 g/mol. The van der Waals surface area contributed by atoms with E-state index in [0.717, 1.165) is 58.3 Å². The number of rotatable bonds is 7. The van der Waals surface area contributed by atoms with Crippen molar-refractivity contribution >= 4 is 11.9 Å². The van der Waals surface area contributed by atoms with E-state index in [4.69, 9.17) is 4.74 Å². The second-order valence-corrected chi connectivity index (χ2v) is 7.05. The van der Waals surface area contributed by atoms with Crippen molar-refractivity contribution < 1.29 is 9.53 Å². The van der Waals surface area contributed by atoms with Gasteiger partial charge in [-0.15, -0.1) is 0 Å². The van der Waals surface area contributed by atoms with Crippen LogP contribution in [0.2, 0.25) is 0 Å². The number of benzene rings is 1. The summed E-state index contributed by atoms with van der Waals surface area (Å²) in [6.07, 6.45) is 1.67. The fourth-order valence-electron chi connectivity index (χ4n) is 3.49. The van der Waals surface area contributed by atoms with E-state index >= 15 is 0 Å². The number of likely N-dealkylation sites (tertiary alicyclic amines) is 1. The Balaban J connectivity index is 1.42. The highest BCUT2D eigenvalue weighted by molar-refractivity contribution is 5.79. The van der Waals surface area contributed by atoms with Gasteiger partial charge in [-0.3, -0.25) is 14.7 Å². The number of nitrogens with one attached hydrogen (secondary N) is 2. The lowest BCUT2D eigenvalue weighted by atomic mass is 10.1. The van der Waals surface area contributed by atoms with Gasteiger partial charge in [-0.1, -0.05) is 24.3 Å². The SMILES string of the molecule is CN=C(NCCN1CCOCC1)NCc1cccc(CN2CCCC2=O)c1. The molecule has 2 heterocycles. The van der Waals surface area contributed by atoms with Gasteiger partial charge >= 0.3 is 0 Å². The largest absolute Gasteiger partial charge is 0.379 e. The summed E-state index contributed by atoms with van der Waals surface area (Å²) >= 11 is 0. The van der Waals surface area contributed by atoms with E-state index < -0.39 is 0 Å². The molecule has 0 radical (unpaired) electrons. The second kappa shape index (κ2) is 10.3. The van der Waals surface area contributed by atoms with Crippen molar-refractivity contribution in [2.24, 2.45) is 4.99 Å². The van der Waals surface area contributed by atoms with Crippen molar-refractivity contribution in [3.05, 3.63) is 35.4 Å². The summed E-state index contributed by atoms with van der Waals surface area (Å²) in [5, 5.41) is 6.74. The molecule has 0 saturated carbocycles. The number of carbonyl (C=O) groups excluding carboxylic acids is 1. The molecule has 1 amide bonds. The third kappa shape index (κ3) is 6.22. The molecule has 148 valence electrons. The summed E-state index contributed by atoms with van der Waals surface area (Å²) in [5.41, 5.74) is 2.37. The van der Waals surface area contributed by atoms with Crippen LogP contribution in [0.3, 0.4) is 0 Å². The Labute approximate surface area is 161 Å². The molecular formula is C20H31N5O2. The number of amides is 1. The first-order valence-electron chi connectivity index (χ1n) is 9.85.